The summed E-state index contributed by atoms with van der Waals surface area (Å²) in [6.45, 7) is 12.3. The minimum atomic E-state index is 1.09. The van der Waals surface area contributed by atoms with Crippen LogP contribution in [0.1, 0.15) is 36.2 Å². The Morgan fingerprint density at radius 3 is 1.50 bits per heavy atom. The Hall–Kier alpha value is -1.63. The Labute approximate surface area is 112 Å². The molecule has 0 radical (unpaired) electrons. The Morgan fingerprint density at radius 1 is 0.722 bits per heavy atom. The quantitative estimate of drug-likeness (QED) is 0.632. The highest BCUT2D eigenvalue weighted by atomic mass is 14.6. The second-order valence-electron chi connectivity index (χ2n) is 4.13. The zero-order chi connectivity index (χ0) is 14.0. The number of hydrogen-bond acceptors (Lipinski definition) is 1. The Kier molecular flexibility index (Phi) is 8.55. The molecule has 0 aliphatic carbocycles. The molecule has 0 saturated heterocycles. The molecule has 0 saturated carbocycles. The van der Waals surface area contributed by atoms with Gasteiger partial charge in [-0.25, -0.2) is 0 Å². The third-order valence-corrected chi connectivity index (χ3v) is 2.23. The number of aryl methyl sites for hydroxylation is 4. The van der Waals surface area contributed by atoms with Crippen LogP contribution < -0.4 is 0 Å². The van der Waals surface area contributed by atoms with Crippen LogP contribution in [0.15, 0.2) is 42.6 Å². The lowest BCUT2D eigenvalue weighted by molar-refractivity contribution is 1.18. The van der Waals surface area contributed by atoms with Gasteiger partial charge in [0, 0.05) is 11.9 Å². The van der Waals surface area contributed by atoms with Gasteiger partial charge in [-0.3, -0.25) is 4.98 Å². The predicted molar refractivity (Wildman–Crippen MR) is 81.0 cm³/mol. The molecule has 2 rings (SSSR count). The van der Waals surface area contributed by atoms with E-state index >= 15 is 0 Å². The van der Waals surface area contributed by atoms with Crippen molar-refractivity contribution in [3.05, 3.63) is 65.0 Å². The van der Waals surface area contributed by atoms with E-state index in [9.17, 15) is 0 Å². The highest BCUT2D eigenvalue weighted by molar-refractivity contribution is 5.20. The molecule has 1 aromatic heterocycles. The minimum absolute atomic E-state index is 1.09. The maximum atomic E-state index is 4.04. The van der Waals surface area contributed by atoms with Crippen LogP contribution >= 0.6 is 0 Å². The van der Waals surface area contributed by atoms with Gasteiger partial charge in [0.05, 0.1) is 0 Å². The Bertz CT molecular complexity index is 369. The number of rotatable bonds is 0. The lowest BCUT2D eigenvalue weighted by Gasteiger charge is -1.90. The SMILES string of the molecule is CC.Cc1cccc(C)c1.Cc1ccnc(C)c1. The summed E-state index contributed by atoms with van der Waals surface area (Å²) in [6.07, 6.45) is 1.82. The molecule has 18 heavy (non-hydrogen) atoms. The minimum Gasteiger partial charge on any atom is -0.262 e. The first-order valence-electron chi connectivity index (χ1n) is 6.50. The lowest BCUT2D eigenvalue weighted by atomic mass is 10.2. The molecule has 0 aliphatic rings. The second-order valence-corrected chi connectivity index (χ2v) is 4.13. The van der Waals surface area contributed by atoms with E-state index in [-0.39, 0.29) is 0 Å². The second kappa shape index (κ2) is 9.41. The van der Waals surface area contributed by atoms with Crippen LogP contribution in [0.2, 0.25) is 0 Å². The summed E-state index contributed by atoms with van der Waals surface area (Å²) in [4.78, 5) is 4.04. The van der Waals surface area contributed by atoms with Crippen LogP contribution in [0.4, 0.5) is 0 Å². The van der Waals surface area contributed by atoms with Crippen molar-refractivity contribution in [3.63, 3.8) is 0 Å². The summed E-state index contributed by atoms with van der Waals surface area (Å²) in [7, 11) is 0. The average molecular weight is 243 g/mol. The monoisotopic (exact) mass is 243 g/mol. The molecule has 98 valence electrons. The molecule has 1 heterocycles. The first-order chi connectivity index (χ1) is 8.58. The summed E-state index contributed by atoms with van der Waals surface area (Å²) in [5, 5.41) is 0. The van der Waals surface area contributed by atoms with Crippen LogP contribution in [-0.4, -0.2) is 4.98 Å². The molecule has 0 bridgehead atoms. The van der Waals surface area contributed by atoms with Crippen molar-refractivity contribution in [2.75, 3.05) is 0 Å². The first kappa shape index (κ1) is 16.4. The molecule has 0 fully saturated rings. The highest BCUT2D eigenvalue weighted by Crippen LogP contribution is 2.00. The van der Waals surface area contributed by atoms with Gasteiger partial charge in [0.25, 0.3) is 0 Å². The molecule has 0 aliphatic heterocycles. The van der Waals surface area contributed by atoms with Gasteiger partial charge in [0.1, 0.15) is 0 Å². The first-order valence-corrected chi connectivity index (χ1v) is 6.50. The van der Waals surface area contributed by atoms with Crippen LogP contribution in [-0.2, 0) is 0 Å². The zero-order valence-electron chi connectivity index (χ0n) is 12.5. The van der Waals surface area contributed by atoms with E-state index in [1.54, 1.807) is 0 Å². The molecular formula is C17H25N. The number of aromatic nitrogens is 1. The van der Waals surface area contributed by atoms with Crippen molar-refractivity contribution in [2.24, 2.45) is 0 Å². The van der Waals surface area contributed by atoms with Gasteiger partial charge in [-0.15, -0.1) is 0 Å². The lowest BCUT2D eigenvalue weighted by Crippen LogP contribution is -1.78. The van der Waals surface area contributed by atoms with Crippen molar-refractivity contribution >= 4 is 0 Å². The Balaban J connectivity index is 0.000000283. The van der Waals surface area contributed by atoms with Crippen LogP contribution in [0.25, 0.3) is 0 Å². The van der Waals surface area contributed by atoms with E-state index in [1.165, 1.54) is 16.7 Å². The normalized spacial score (nSPS) is 8.56. The largest absolute Gasteiger partial charge is 0.262 e. The maximum Gasteiger partial charge on any atom is 0.0375 e. The number of hydrogen-bond donors (Lipinski definition) is 0. The van der Waals surface area contributed by atoms with Gasteiger partial charge >= 0.3 is 0 Å². The summed E-state index contributed by atoms with van der Waals surface area (Å²) >= 11 is 0. The molecular weight excluding hydrogens is 218 g/mol. The molecule has 1 heteroatoms. The van der Waals surface area contributed by atoms with Crippen molar-refractivity contribution in [1.29, 1.82) is 0 Å². The number of benzene rings is 1. The van der Waals surface area contributed by atoms with E-state index < -0.39 is 0 Å². The fourth-order valence-electron chi connectivity index (χ4n) is 1.49. The number of pyridine rings is 1. The smallest absolute Gasteiger partial charge is 0.0375 e. The summed E-state index contributed by atoms with van der Waals surface area (Å²) in [5.74, 6) is 0. The van der Waals surface area contributed by atoms with Gasteiger partial charge in [-0.1, -0.05) is 49.2 Å². The molecule has 0 N–H and O–H groups in total. The molecule has 0 amide bonds. The molecule has 2 aromatic rings. The number of nitrogens with zero attached hydrogens (tertiary/aromatic N) is 1. The van der Waals surface area contributed by atoms with Gasteiger partial charge in [-0.05, 0) is 45.4 Å². The third-order valence-electron chi connectivity index (χ3n) is 2.23. The van der Waals surface area contributed by atoms with E-state index in [4.69, 9.17) is 0 Å². The summed E-state index contributed by atoms with van der Waals surface area (Å²) in [6, 6.07) is 12.5. The van der Waals surface area contributed by atoms with Crippen LogP contribution in [0, 0.1) is 27.7 Å². The fourth-order valence-corrected chi connectivity index (χ4v) is 1.49. The summed E-state index contributed by atoms with van der Waals surface area (Å²) < 4.78 is 0. The zero-order valence-corrected chi connectivity index (χ0v) is 12.5. The van der Waals surface area contributed by atoms with Crippen molar-refractivity contribution in [1.82, 2.24) is 4.98 Å². The van der Waals surface area contributed by atoms with Gasteiger partial charge in [0.15, 0.2) is 0 Å². The van der Waals surface area contributed by atoms with E-state index in [2.05, 4.69) is 56.1 Å². The topological polar surface area (TPSA) is 12.9 Å². The standard InChI is InChI=1S/C8H10.C7H9N.C2H6/c1-7-4-3-5-8(2)6-7;1-6-3-4-8-7(2)5-6;1-2/h3-6H,1-2H3;3-5H,1-2H3;1-2H3. The van der Waals surface area contributed by atoms with E-state index in [0.717, 1.165) is 5.69 Å². The van der Waals surface area contributed by atoms with Crippen LogP contribution in [0.3, 0.4) is 0 Å². The highest BCUT2D eigenvalue weighted by Gasteiger charge is 1.82. The summed E-state index contributed by atoms with van der Waals surface area (Å²) in [5.41, 5.74) is 5.04. The third kappa shape index (κ3) is 7.61. The van der Waals surface area contributed by atoms with E-state index in [0.29, 0.717) is 0 Å². The van der Waals surface area contributed by atoms with E-state index in [1.807, 2.05) is 33.0 Å². The maximum absolute atomic E-state index is 4.04. The van der Waals surface area contributed by atoms with Crippen molar-refractivity contribution < 1.29 is 0 Å². The average Bonchev–Trinajstić information content (AvgIpc) is 2.31. The van der Waals surface area contributed by atoms with Gasteiger partial charge in [0.2, 0.25) is 0 Å². The van der Waals surface area contributed by atoms with Crippen molar-refractivity contribution in [2.45, 2.75) is 41.5 Å². The molecule has 0 spiro atoms. The fraction of sp³-hybridized carbons (Fsp3) is 0.353. The molecule has 1 nitrogen and oxygen atoms in total. The Morgan fingerprint density at radius 2 is 1.22 bits per heavy atom. The van der Waals surface area contributed by atoms with Crippen LogP contribution in [0.5, 0.6) is 0 Å². The molecule has 0 unspecified atom stereocenters. The predicted octanol–water partition coefficient (Wildman–Crippen LogP) is 5.03. The molecule has 1 aromatic carbocycles. The van der Waals surface area contributed by atoms with Crippen molar-refractivity contribution in [3.8, 4) is 0 Å². The van der Waals surface area contributed by atoms with Gasteiger partial charge < -0.3 is 0 Å². The molecule has 0 atom stereocenters. The van der Waals surface area contributed by atoms with Gasteiger partial charge in [-0.2, -0.15) is 0 Å².